The Labute approximate surface area is 197 Å². The first-order chi connectivity index (χ1) is 15.6. The molecule has 3 rings (SSSR count). The lowest BCUT2D eigenvalue weighted by molar-refractivity contribution is -0.123. The molecular formula is C24H27ClN2O6. The number of hydrogen-bond acceptors (Lipinski definition) is 5. The van der Waals surface area contributed by atoms with Gasteiger partial charge in [-0.2, -0.15) is 0 Å². The molecule has 0 bridgehead atoms. The summed E-state index contributed by atoms with van der Waals surface area (Å²) in [5.41, 5.74) is 0.114. The van der Waals surface area contributed by atoms with Crippen LogP contribution >= 0.6 is 11.6 Å². The SMILES string of the molecule is CC1CCC(C(=O)N(c2ccc(Oc3ncc(C(=O)O)cc3Cl)cc2C(=O)O)C(C)C)CC1. The van der Waals surface area contributed by atoms with Crippen molar-refractivity contribution in [2.45, 2.75) is 52.5 Å². The van der Waals surface area contributed by atoms with Gasteiger partial charge in [0.15, 0.2) is 0 Å². The number of pyridine rings is 1. The summed E-state index contributed by atoms with van der Waals surface area (Å²) in [6.45, 7) is 5.89. The molecular weight excluding hydrogens is 448 g/mol. The number of carboxylic acids is 2. The van der Waals surface area contributed by atoms with E-state index in [1.807, 2.05) is 13.8 Å². The number of aromatic nitrogens is 1. The van der Waals surface area contributed by atoms with Crippen molar-refractivity contribution in [3.8, 4) is 11.6 Å². The third kappa shape index (κ3) is 5.63. The largest absolute Gasteiger partial charge is 0.478 e. The molecule has 2 aromatic rings. The maximum absolute atomic E-state index is 13.4. The highest BCUT2D eigenvalue weighted by Crippen LogP contribution is 2.35. The number of aromatic carboxylic acids is 2. The summed E-state index contributed by atoms with van der Waals surface area (Å²) in [6.07, 6.45) is 4.65. The Morgan fingerprint density at radius 2 is 1.76 bits per heavy atom. The van der Waals surface area contributed by atoms with E-state index in [9.17, 15) is 19.5 Å². The number of rotatable bonds is 7. The number of hydrogen-bond donors (Lipinski definition) is 2. The molecule has 8 nitrogen and oxygen atoms in total. The number of carbonyl (C=O) groups excluding carboxylic acids is 1. The summed E-state index contributed by atoms with van der Waals surface area (Å²) in [7, 11) is 0. The zero-order chi connectivity index (χ0) is 24.3. The molecule has 176 valence electrons. The van der Waals surface area contributed by atoms with Gasteiger partial charge >= 0.3 is 11.9 Å². The Morgan fingerprint density at radius 1 is 1.09 bits per heavy atom. The van der Waals surface area contributed by atoms with Crippen molar-refractivity contribution >= 4 is 35.1 Å². The van der Waals surface area contributed by atoms with Crippen molar-refractivity contribution in [1.82, 2.24) is 4.98 Å². The Balaban J connectivity index is 1.92. The monoisotopic (exact) mass is 474 g/mol. The average Bonchev–Trinajstić information content (AvgIpc) is 2.76. The van der Waals surface area contributed by atoms with Crippen LogP contribution in [0.15, 0.2) is 30.5 Å². The fourth-order valence-electron chi connectivity index (χ4n) is 4.04. The molecule has 1 aliphatic carbocycles. The third-order valence-electron chi connectivity index (χ3n) is 5.85. The Bertz CT molecular complexity index is 1060. The normalized spacial score (nSPS) is 18.1. The molecule has 1 aliphatic rings. The van der Waals surface area contributed by atoms with Crippen molar-refractivity contribution in [2.75, 3.05) is 4.90 Å². The highest BCUT2D eigenvalue weighted by Gasteiger charge is 2.32. The van der Waals surface area contributed by atoms with E-state index in [1.165, 1.54) is 18.2 Å². The van der Waals surface area contributed by atoms with Gasteiger partial charge in [-0.3, -0.25) is 4.79 Å². The van der Waals surface area contributed by atoms with E-state index < -0.39 is 11.9 Å². The number of nitrogens with zero attached hydrogens (tertiary/aromatic N) is 2. The lowest BCUT2D eigenvalue weighted by atomic mass is 9.82. The number of benzene rings is 1. The number of carbonyl (C=O) groups is 3. The first kappa shape index (κ1) is 24.5. The molecule has 0 atom stereocenters. The van der Waals surface area contributed by atoms with Crippen LogP contribution in [0.2, 0.25) is 5.02 Å². The van der Waals surface area contributed by atoms with Crippen LogP contribution in [0.1, 0.15) is 67.2 Å². The van der Waals surface area contributed by atoms with Crippen LogP contribution in [0.3, 0.4) is 0 Å². The van der Waals surface area contributed by atoms with Crippen molar-refractivity contribution < 1.29 is 29.3 Å². The van der Waals surface area contributed by atoms with Crippen molar-refractivity contribution in [3.63, 3.8) is 0 Å². The standard InChI is InChI=1S/C24H27ClN2O6/c1-13(2)27(22(28)15-6-4-14(3)5-7-15)20-9-8-17(11-18(20)24(31)32)33-21-19(25)10-16(12-26-21)23(29)30/h8-15H,4-7H2,1-3H3,(H,29,30)(H,31,32). The van der Waals surface area contributed by atoms with E-state index >= 15 is 0 Å². The van der Waals surface area contributed by atoms with Crippen LogP contribution in [0.4, 0.5) is 5.69 Å². The highest BCUT2D eigenvalue weighted by atomic mass is 35.5. The van der Waals surface area contributed by atoms with Gasteiger partial charge in [-0.05, 0) is 69.7 Å². The van der Waals surface area contributed by atoms with E-state index in [1.54, 1.807) is 11.0 Å². The third-order valence-corrected chi connectivity index (χ3v) is 6.12. The summed E-state index contributed by atoms with van der Waals surface area (Å²) in [4.78, 5) is 41.9. The van der Waals surface area contributed by atoms with Gasteiger partial charge in [0, 0.05) is 18.2 Å². The van der Waals surface area contributed by atoms with Gasteiger partial charge in [-0.25, -0.2) is 14.6 Å². The van der Waals surface area contributed by atoms with Gasteiger partial charge in [0.05, 0.1) is 16.8 Å². The fourth-order valence-corrected chi connectivity index (χ4v) is 4.25. The number of amides is 1. The van der Waals surface area contributed by atoms with E-state index in [0.717, 1.165) is 31.9 Å². The maximum atomic E-state index is 13.4. The van der Waals surface area contributed by atoms with Gasteiger partial charge in [-0.15, -0.1) is 0 Å². The maximum Gasteiger partial charge on any atom is 0.337 e. The molecule has 0 radical (unpaired) electrons. The smallest absolute Gasteiger partial charge is 0.337 e. The molecule has 0 aliphatic heterocycles. The summed E-state index contributed by atoms with van der Waals surface area (Å²) in [5.74, 6) is -1.89. The van der Waals surface area contributed by atoms with Crippen LogP contribution in [0.25, 0.3) is 0 Å². The molecule has 1 aromatic heterocycles. The predicted octanol–water partition coefficient (Wildman–Crippen LogP) is 5.49. The number of carboxylic acid groups (broad SMARTS) is 2. The van der Waals surface area contributed by atoms with Gasteiger partial charge < -0.3 is 19.8 Å². The molecule has 1 fully saturated rings. The summed E-state index contributed by atoms with van der Waals surface area (Å²) < 4.78 is 5.62. The van der Waals surface area contributed by atoms with Crippen LogP contribution in [0, 0.1) is 11.8 Å². The second-order valence-corrected chi connectivity index (χ2v) is 9.07. The topological polar surface area (TPSA) is 117 Å². The van der Waals surface area contributed by atoms with Crippen LogP contribution in [0.5, 0.6) is 11.6 Å². The molecule has 0 spiro atoms. The number of halogens is 1. The Kier molecular flexibility index (Phi) is 7.58. The predicted molar refractivity (Wildman–Crippen MR) is 123 cm³/mol. The van der Waals surface area contributed by atoms with E-state index in [2.05, 4.69) is 11.9 Å². The Hall–Kier alpha value is -3.13. The molecule has 1 heterocycles. The highest BCUT2D eigenvalue weighted by molar-refractivity contribution is 6.32. The summed E-state index contributed by atoms with van der Waals surface area (Å²) in [5, 5.41) is 18.9. The molecule has 9 heteroatoms. The zero-order valence-corrected chi connectivity index (χ0v) is 19.5. The van der Waals surface area contributed by atoms with E-state index in [4.69, 9.17) is 21.4 Å². The van der Waals surface area contributed by atoms with Crippen molar-refractivity contribution in [1.29, 1.82) is 0 Å². The first-order valence-electron chi connectivity index (χ1n) is 10.9. The van der Waals surface area contributed by atoms with Crippen molar-refractivity contribution in [3.05, 3.63) is 46.6 Å². The van der Waals surface area contributed by atoms with Crippen LogP contribution in [-0.4, -0.2) is 39.1 Å². The first-order valence-corrected chi connectivity index (χ1v) is 11.2. The number of anilines is 1. The van der Waals surface area contributed by atoms with Gasteiger partial charge in [0.2, 0.25) is 11.8 Å². The summed E-state index contributed by atoms with van der Waals surface area (Å²) >= 11 is 6.07. The molecule has 0 unspecified atom stereocenters. The second kappa shape index (κ2) is 10.2. The minimum absolute atomic E-state index is 0.0265. The molecule has 1 amide bonds. The fraction of sp³-hybridized carbons (Fsp3) is 0.417. The lowest BCUT2D eigenvalue weighted by Crippen LogP contribution is -2.42. The van der Waals surface area contributed by atoms with E-state index in [0.29, 0.717) is 11.6 Å². The minimum atomic E-state index is -1.20. The Morgan fingerprint density at radius 3 is 2.30 bits per heavy atom. The second-order valence-electron chi connectivity index (χ2n) is 8.66. The minimum Gasteiger partial charge on any atom is -0.478 e. The van der Waals surface area contributed by atoms with Gasteiger partial charge in [-0.1, -0.05) is 18.5 Å². The molecule has 2 N–H and O–H groups in total. The molecule has 0 saturated heterocycles. The molecule has 1 saturated carbocycles. The van der Waals surface area contributed by atoms with Crippen LogP contribution < -0.4 is 9.64 Å². The van der Waals surface area contributed by atoms with E-state index in [-0.39, 0.29) is 45.6 Å². The van der Waals surface area contributed by atoms with Gasteiger partial charge in [0.1, 0.15) is 10.8 Å². The lowest BCUT2D eigenvalue weighted by Gasteiger charge is -2.34. The van der Waals surface area contributed by atoms with Gasteiger partial charge in [0.25, 0.3) is 0 Å². The number of ether oxygens (including phenoxy) is 1. The molecule has 33 heavy (non-hydrogen) atoms. The van der Waals surface area contributed by atoms with Crippen LogP contribution in [-0.2, 0) is 4.79 Å². The van der Waals surface area contributed by atoms with Crippen molar-refractivity contribution in [2.24, 2.45) is 11.8 Å². The molecule has 1 aromatic carbocycles. The summed E-state index contributed by atoms with van der Waals surface area (Å²) in [6, 6.07) is 5.36. The zero-order valence-electron chi connectivity index (χ0n) is 18.7. The quantitative estimate of drug-likeness (QED) is 0.544. The average molecular weight is 475 g/mol.